The standard InChI is InChI=1S/C23H21F3N4O2/c1-12-21-16(22(29(2)28-21)13-9-17(24)20(26)18(25)10-13)4-7-30(12)23(31)15-3-6-27-19-11-32-8-5-14(15)19/h3,6,9-10,12H,4-5,7-8,11H2,1-2H3/t12-/m0/s1. The zero-order chi connectivity index (χ0) is 22.6. The van der Waals surface area contributed by atoms with Gasteiger partial charge in [0.15, 0.2) is 17.5 Å². The lowest BCUT2D eigenvalue weighted by molar-refractivity contribution is 0.0666. The van der Waals surface area contributed by atoms with Gasteiger partial charge in [-0.05, 0) is 43.5 Å². The molecule has 6 nitrogen and oxygen atoms in total. The minimum atomic E-state index is -1.50. The molecule has 1 aromatic carbocycles. The first-order valence-electron chi connectivity index (χ1n) is 10.4. The largest absolute Gasteiger partial charge is 0.375 e. The van der Waals surface area contributed by atoms with Crippen molar-refractivity contribution in [1.29, 1.82) is 0 Å². The molecular weight excluding hydrogens is 421 g/mol. The molecule has 166 valence electrons. The number of halogens is 3. The third-order valence-electron chi connectivity index (χ3n) is 6.27. The maximum absolute atomic E-state index is 13.9. The second-order valence-electron chi connectivity index (χ2n) is 8.10. The summed E-state index contributed by atoms with van der Waals surface area (Å²) in [7, 11) is 1.67. The van der Waals surface area contributed by atoms with Gasteiger partial charge in [0.25, 0.3) is 5.91 Å². The van der Waals surface area contributed by atoms with Crippen LogP contribution in [-0.4, -0.2) is 38.7 Å². The van der Waals surface area contributed by atoms with Crippen LogP contribution in [0.5, 0.6) is 0 Å². The van der Waals surface area contributed by atoms with Gasteiger partial charge in [-0.3, -0.25) is 14.5 Å². The van der Waals surface area contributed by atoms with Gasteiger partial charge in [0.1, 0.15) is 0 Å². The van der Waals surface area contributed by atoms with Gasteiger partial charge in [0.05, 0.1) is 36.3 Å². The number of carbonyl (C=O) groups excluding carboxylic acids is 1. The molecule has 5 rings (SSSR count). The summed E-state index contributed by atoms with van der Waals surface area (Å²) >= 11 is 0. The van der Waals surface area contributed by atoms with E-state index in [0.717, 1.165) is 29.0 Å². The average Bonchev–Trinajstić information content (AvgIpc) is 3.13. The second kappa shape index (κ2) is 7.74. The van der Waals surface area contributed by atoms with Crippen LogP contribution in [-0.2, 0) is 31.2 Å². The van der Waals surface area contributed by atoms with Gasteiger partial charge in [0, 0.05) is 36.5 Å². The molecule has 0 aliphatic carbocycles. The Balaban J connectivity index is 1.51. The number of ether oxygens (including phenoxy) is 1. The highest BCUT2D eigenvalue weighted by atomic mass is 19.2. The summed E-state index contributed by atoms with van der Waals surface area (Å²) in [4.78, 5) is 19.6. The molecule has 32 heavy (non-hydrogen) atoms. The first-order chi connectivity index (χ1) is 15.4. The summed E-state index contributed by atoms with van der Waals surface area (Å²) in [5.74, 6) is -4.10. The molecule has 0 fully saturated rings. The van der Waals surface area contributed by atoms with Gasteiger partial charge >= 0.3 is 0 Å². The Morgan fingerprint density at radius 1 is 1.16 bits per heavy atom. The maximum Gasteiger partial charge on any atom is 0.254 e. The lowest BCUT2D eigenvalue weighted by Gasteiger charge is -2.34. The SMILES string of the molecule is C[C@H]1c2nn(C)c(-c3cc(F)c(F)c(F)c3)c2CCN1C(=O)c1ccnc2c1CCOC2. The molecule has 0 unspecified atom stereocenters. The fourth-order valence-corrected chi connectivity index (χ4v) is 4.71. The van der Waals surface area contributed by atoms with Crippen molar-refractivity contribution in [3.8, 4) is 11.3 Å². The minimum absolute atomic E-state index is 0.102. The van der Waals surface area contributed by atoms with E-state index in [0.29, 0.717) is 49.6 Å². The van der Waals surface area contributed by atoms with Crippen LogP contribution < -0.4 is 0 Å². The van der Waals surface area contributed by atoms with Gasteiger partial charge in [0.2, 0.25) is 0 Å². The van der Waals surface area contributed by atoms with Crippen molar-refractivity contribution in [1.82, 2.24) is 19.7 Å². The Hall–Kier alpha value is -3.20. The van der Waals surface area contributed by atoms with Gasteiger partial charge < -0.3 is 9.64 Å². The van der Waals surface area contributed by atoms with Crippen molar-refractivity contribution in [2.24, 2.45) is 7.05 Å². The highest BCUT2D eigenvalue weighted by Crippen LogP contribution is 2.37. The number of carbonyl (C=O) groups is 1. The Labute approximate surface area is 182 Å². The number of pyridine rings is 1. The van der Waals surface area contributed by atoms with E-state index in [9.17, 15) is 18.0 Å². The van der Waals surface area contributed by atoms with E-state index >= 15 is 0 Å². The quantitative estimate of drug-likeness (QED) is 0.568. The van der Waals surface area contributed by atoms with Crippen molar-refractivity contribution in [2.75, 3.05) is 13.2 Å². The summed E-state index contributed by atoms with van der Waals surface area (Å²) in [5, 5.41) is 4.56. The summed E-state index contributed by atoms with van der Waals surface area (Å²) in [6.07, 6.45) is 2.72. The van der Waals surface area contributed by atoms with E-state index in [-0.39, 0.29) is 17.5 Å². The lowest BCUT2D eigenvalue weighted by atomic mass is 9.94. The van der Waals surface area contributed by atoms with Crippen LogP contribution in [0, 0.1) is 17.5 Å². The molecule has 0 spiro atoms. The normalized spacial score (nSPS) is 17.8. The van der Waals surface area contributed by atoms with Crippen LogP contribution in [0.2, 0.25) is 0 Å². The fourth-order valence-electron chi connectivity index (χ4n) is 4.71. The Kier molecular flexibility index (Phi) is 5.00. The van der Waals surface area contributed by atoms with Gasteiger partial charge in [-0.1, -0.05) is 0 Å². The second-order valence-corrected chi connectivity index (χ2v) is 8.10. The van der Waals surface area contributed by atoms with Crippen molar-refractivity contribution in [3.63, 3.8) is 0 Å². The van der Waals surface area contributed by atoms with Crippen LogP contribution >= 0.6 is 0 Å². The molecule has 0 N–H and O–H groups in total. The van der Waals surface area contributed by atoms with Gasteiger partial charge in [-0.2, -0.15) is 5.10 Å². The maximum atomic E-state index is 13.9. The first-order valence-corrected chi connectivity index (χ1v) is 10.4. The lowest BCUT2D eigenvalue weighted by Crippen LogP contribution is -2.39. The fraction of sp³-hybridized carbons (Fsp3) is 0.348. The number of benzene rings is 1. The number of hydrogen-bond acceptors (Lipinski definition) is 4. The molecule has 0 saturated heterocycles. The number of amides is 1. The van der Waals surface area contributed by atoms with Crippen LogP contribution in [0.25, 0.3) is 11.3 Å². The number of aryl methyl sites for hydroxylation is 1. The highest BCUT2D eigenvalue weighted by Gasteiger charge is 2.35. The number of rotatable bonds is 2. The predicted octanol–water partition coefficient (Wildman–Crippen LogP) is 3.73. The topological polar surface area (TPSA) is 60.2 Å². The van der Waals surface area contributed by atoms with E-state index in [1.54, 1.807) is 24.2 Å². The predicted molar refractivity (Wildman–Crippen MR) is 109 cm³/mol. The number of fused-ring (bicyclic) bond motifs is 2. The van der Waals surface area contributed by atoms with Gasteiger partial charge in [-0.15, -0.1) is 0 Å². The van der Waals surface area contributed by atoms with Gasteiger partial charge in [-0.25, -0.2) is 13.2 Å². The molecule has 0 saturated carbocycles. The third-order valence-corrected chi connectivity index (χ3v) is 6.27. The van der Waals surface area contributed by atoms with Crippen molar-refractivity contribution in [2.45, 2.75) is 32.4 Å². The Morgan fingerprint density at radius 2 is 1.91 bits per heavy atom. The summed E-state index contributed by atoms with van der Waals surface area (Å²) in [6.45, 7) is 3.25. The van der Waals surface area contributed by atoms with E-state index in [1.165, 1.54) is 4.68 Å². The van der Waals surface area contributed by atoms with Crippen molar-refractivity contribution < 1.29 is 22.7 Å². The van der Waals surface area contributed by atoms with E-state index in [4.69, 9.17) is 4.74 Å². The molecule has 2 aliphatic rings. The van der Waals surface area contributed by atoms with Crippen molar-refractivity contribution in [3.05, 3.63) is 69.9 Å². The smallest absolute Gasteiger partial charge is 0.254 e. The first kappa shape index (κ1) is 20.7. The average molecular weight is 442 g/mol. The Bertz CT molecular complexity index is 1220. The molecule has 0 bridgehead atoms. The third kappa shape index (κ3) is 3.19. The molecule has 9 heteroatoms. The van der Waals surface area contributed by atoms with Crippen LogP contribution in [0.4, 0.5) is 13.2 Å². The van der Waals surface area contributed by atoms with E-state index in [1.807, 2.05) is 6.92 Å². The van der Waals surface area contributed by atoms with Crippen LogP contribution in [0.1, 0.15) is 45.8 Å². The molecule has 2 aliphatic heterocycles. The highest BCUT2D eigenvalue weighted by molar-refractivity contribution is 5.96. The Morgan fingerprint density at radius 3 is 2.66 bits per heavy atom. The number of aromatic nitrogens is 3. The summed E-state index contributed by atoms with van der Waals surface area (Å²) in [5.41, 5.74) is 4.53. The summed E-state index contributed by atoms with van der Waals surface area (Å²) in [6, 6.07) is 3.35. The monoisotopic (exact) mass is 442 g/mol. The molecule has 4 heterocycles. The molecule has 1 atom stereocenters. The number of nitrogens with zero attached hydrogens (tertiary/aromatic N) is 4. The molecule has 2 aromatic heterocycles. The molecular formula is C23H21F3N4O2. The molecule has 1 amide bonds. The zero-order valence-electron chi connectivity index (χ0n) is 17.7. The molecule has 0 radical (unpaired) electrons. The number of hydrogen-bond donors (Lipinski definition) is 0. The molecule has 3 aromatic rings. The zero-order valence-corrected chi connectivity index (χ0v) is 17.7. The van der Waals surface area contributed by atoms with E-state index in [2.05, 4.69) is 10.1 Å². The van der Waals surface area contributed by atoms with Crippen LogP contribution in [0.3, 0.4) is 0 Å². The minimum Gasteiger partial charge on any atom is -0.375 e. The van der Waals surface area contributed by atoms with Crippen LogP contribution in [0.15, 0.2) is 24.4 Å². The van der Waals surface area contributed by atoms with Crippen molar-refractivity contribution >= 4 is 5.91 Å². The van der Waals surface area contributed by atoms with E-state index < -0.39 is 17.5 Å². The summed E-state index contributed by atoms with van der Waals surface area (Å²) < 4.78 is 48.1.